The molecule has 3 aliphatic heterocycles. The molecule has 2 aromatic rings. The minimum Gasteiger partial charge on any atom is -0.379 e. The van der Waals surface area contributed by atoms with E-state index < -0.39 is 7.36 Å². The summed E-state index contributed by atoms with van der Waals surface area (Å²) < 4.78 is 16.9. The van der Waals surface area contributed by atoms with Gasteiger partial charge in [0.25, 0.3) is 0 Å². The Hall–Kier alpha value is -2.61. The van der Waals surface area contributed by atoms with E-state index >= 15 is 0 Å². The standard InChI is InChI=1S/C31H41N6O2P/c1-4-10-27(11-5-1)26-28-14-15-30(31(28)35-16-8-3-9-17-35)40(36-18-22-38-23-19-36,37-20-24-39-25-21-37)34-33-32-29-12-6-2-7-13-29/h1-2,4-7,10-13,26H,3,8-9,14-25H2. The van der Waals surface area contributed by atoms with Gasteiger partial charge in [-0.05, 0) is 66.7 Å². The summed E-state index contributed by atoms with van der Waals surface area (Å²) in [5.74, 6) is 0. The van der Waals surface area contributed by atoms with Gasteiger partial charge in [-0.3, -0.25) is 0 Å². The summed E-state index contributed by atoms with van der Waals surface area (Å²) in [5.41, 5.74) is 4.95. The topological polar surface area (TPSA) is 65.3 Å². The summed E-state index contributed by atoms with van der Waals surface area (Å²) in [6.45, 7) is 8.48. The lowest BCUT2D eigenvalue weighted by Crippen LogP contribution is -2.44. The van der Waals surface area contributed by atoms with Gasteiger partial charge in [0.15, 0.2) is 7.36 Å². The summed E-state index contributed by atoms with van der Waals surface area (Å²) >= 11 is 0. The third-order valence-corrected chi connectivity index (χ3v) is 12.1. The second-order valence-corrected chi connectivity index (χ2v) is 13.7. The minimum atomic E-state index is -2.43. The molecule has 0 radical (unpaired) electrons. The molecule has 1 aliphatic carbocycles. The Morgan fingerprint density at radius 1 is 0.675 bits per heavy atom. The average molecular weight is 561 g/mol. The summed E-state index contributed by atoms with van der Waals surface area (Å²) in [5, 5.41) is 10.7. The number of allylic oxidation sites excluding steroid dienone is 2. The van der Waals surface area contributed by atoms with Gasteiger partial charge in [-0.25, -0.2) is 9.34 Å². The first-order chi connectivity index (χ1) is 19.8. The second kappa shape index (κ2) is 13.4. The van der Waals surface area contributed by atoms with Crippen LogP contribution in [0.1, 0.15) is 37.7 Å². The van der Waals surface area contributed by atoms with Crippen molar-refractivity contribution in [2.45, 2.75) is 32.1 Å². The monoisotopic (exact) mass is 560 g/mol. The highest BCUT2D eigenvalue weighted by atomic mass is 31.2. The molecule has 3 fully saturated rings. The molecule has 6 rings (SSSR count). The maximum Gasteiger partial charge on any atom is 0.154 e. The normalized spacial score (nSPS) is 22.9. The first kappa shape index (κ1) is 27.6. The van der Waals surface area contributed by atoms with Gasteiger partial charge in [-0.1, -0.05) is 48.5 Å². The molecule has 40 heavy (non-hydrogen) atoms. The predicted octanol–water partition coefficient (Wildman–Crippen LogP) is 6.96. The predicted molar refractivity (Wildman–Crippen MR) is 161 cm³/mol. The number of morpholine rings is 2. The van der Waals surface area contributed by atoms with Gasteiger partial charge in [0.05, 0.1) is 32.1 Å². The molecule has 8 nitrogen and oxygen atoms in total. The average Bonchev–Trinajstić information content (AvgIpc) is 3.45. The van der Waals surface area contributed by atoms with Gasteiger partial charge >= 0.3 is 0 Å². The summed E-state index contributed by atoms with van der Waals surface area (Å²) in [6, 6.07) is 20.7. The molecule has 3 saturated heterocycles. The van der Waals surface area contributed by atoms with Gasteiger partial charge in [0, 0.05) is 50.3 Å². The molecule has 0 aromatic heterocycles. The van der Waals surface area contributed by atoms with Crippen molar-refractivity contribution < 1.29 is 9.47 Å². The number of hydrogen-bond acceptors (Lipinski definition) is 4. The molecule has 0 N–H and O–H groups in total. The number of nitrogens with zero attached hydrogens (tertiary/aromatic N) is 6. The Morgan fingerprint density at radius 3 is 1.90 bits per heavy atom. The highest BCUT2D eigenvalue weighted by Gasteiger charge is 2.45. The Morgan fingerprint density at radius 2 is 1.27 bits per heavy atom. The molecule has 0 atom stereocenters. The van der Waals surface area contributed by atoms with Crippen LogP contribution < -0.4 is 0 Å². The Labute approximate surface area is 238 Å². The van der Waals surface area contributed by atoms with Crippen LogP contribution in [0.5, 0.6) is 0 Å². The number of likely N-dealkylation sites (tertiary alicyclic amines) is 1. The van der Waals surface area contributed by atoms with E-state index in [1.165, 1.54) is 41.4 Å². The Balaban J connectivity index is 1.55. The summed E-state index contributed by atoms with van der Waals surface area (Å²) in [7, 11) is -2.43. The SMILES string of the molecule is C(=C1CCC(P(=NN=Nc2ccccc2)(N2CCOCC2)N2CCOCC2)=C1N1CCCCC1)c1ccccc1. The van der Waals surface area contributed by atoms with E-state index in [1.807, 2.05) is 30.3 Å². The molecule has 9 heteroatoms. The van der Waals surface area contributed by atoms with Gasteiger partial charge < -0.3 is 14.4 Å². The Kier molecular flexibility index (Phi) is 9.21. The maximum atomic E-state index is 5.86. The highest BCUT2D eigenvalue weighted by molar-refractivity contribution is 7.66. The van der Waals surface area contributed by atoms with Crippen molar-refractivity contribution in [1.29, 1.82) is 0 Å². The number of rotatable bonds is 7. The second-order valence-electron chi connectivity index (χ2n) is 10.7. The fourth-order valence-corrected chi connectivity index (χ4v) is 10.3. The highest BCUT2D eigenvalue weighted by Crippen LogP contribution is 2.68. The van der Waals surface area contributed by atoms with E-state index in [9.17, 15) is 0 Å². The van der Waals surface area contributed by atoms with Crippen LogP contribution >= 0.6 is 7.36 Å². The van der Waals surface area contributed by atoms with E-state index in [0.717, 1.165) is 84.2 Å². The first-order valence-electron chi connectivity index (χ1n) is 14.8. The van der Waals surface area contributed by atoms with Crippen molar-refractivity contribution in [2.75, 3.05) is 65.7 Å². The Bertz CT molecular complexity index is 1240. The van der Waals surface area contributed by atoms with Crippen LogP contribution in [0.2, 0.25) is 0 Å². The van der Waals surface area contributed by atoms with Crippen LogP contribution in [-0.2, 0) is 9.47 Å². The van der Waals surface area contributed by atoms with E-state index in [-0.39, 0.29) is 0 Å². The molecule has 4 aliphatic rings. The van der Waals surface area contributed by atoms with Crippen molar-refractivity contribution in [3.8, 4) is 0 Å². The lowest BCUT2D eigenvalue weighted by molar-refractivity contribution is 0.0572. The third kappa shape index (κ3) is 6.02. The molecule has 0 spiro atoms. The summed E-state index contributed by atoms with van der Waals surface area (Å²) in [6.07, 6.45) is 8.21. The molecular weight excluding hydrogens is 519 g/mol. The van der Waals surface area contributed by atoms with Crippen molar-refractivity contribution in [3.05, 3.63) is 82.8 Å². The zero-order valence-electron chi connectivity index (χ0n) is 23.4. The quantitative estimate of drug-likeness (QED) is 0.208. The van der Waals surface area contributed by atoms with Crippen LogP contribution in [-0.4, -0.2) is 79.9 Å². The van der Waals surface area contributed by atoms with E-state index in [0.29, 0.717) is 0 Å². The molecule has 0 saturated carbocycles. The van der Waals surface area contributed by atoms with Crippen LogP contribution in [0.15, 0.2) is 92.4 Å². The number of benzene rings is 2. The smallest absolute Gasteiger partial charge is 0.154 e. The van der Waals surface area contributed by atoms with Crippen molar-refractivity contribution in [2.24, 2.45) is 15.2 Å². The molecule has 2 aromatic carbocycles. The molecule has 0 amide bonds. The zero-order chi connectivity index (χ0) is 27.0. The van der Waals surface area contributed by atoms with Crippen LogP contribution in [0.25, 0.3) is 6.08 Å². The van der Waals surface area contributed by atoms with Crippen molar-refractivity contribution in [1.82, 2.24) is 14.2 Å². The van der Waals surface area contributed by atoms with Crippen molar-refractivity contribution >= 4 is 19.1 Å². The van der Waals surface area contributed by atoms with Crippen LogP contribution in [0, 0.1) is 0 Å². The van der Waals surface area contributed by atoms with Crippen molar-refractivity contribution in [3.63, 3.8) is 0 Å². The van der Waals surface area contributed by atoms with E-state index in [4.69, 9.17) is 14.3 Å². The van der Waals surface area contributed by atoms with Crippen LogP contribution in [0.4, 0.5) is 5.69 Å². The van der Waals surface area contributed by atoms with E-state index in [2.05, 4.69) is 61.0 Å². The fourth-order valence-electron chi connectivity index (χ4n) is 6.34. The maximum absolute atomic E-state index is 5.86. The lowest BCUT2D eigenvalue weighted by Gasteiger charge is -2.47. The van der Waals surface area contributed by atoms with Gasteiger partial charge in [0.1, 0.15) is 0 Å². The van der Waals surface area contributed by atoms with Gasteiger partial charge in [-0.15, -0.1) is 9.97 Å². The largest absolute Gasteiger partial charge is 0.379 e. The first-order valence-corrected chi connectivity index (χ1v) is 16.5. The van der Waals surface area contributed by atoms with Crippen LogP contribution in [0.3, 0.4) is 0 Å². The number of piperidine rings is 1. The molecule has 0 bridgehead atoms. The van der Waals surface area contributed by atoms with Gasteiger partial charge in [-0.2, -0.15) is 0 Å². The molecular formula is C31H41N6O2P. The summed E-state index contributed by atoms with van der Waals surface area (Å²) in [4.78, 5) is 8.03. The zero-order valence-corrected chi connectivity index (χ0v) is 24.3. The number of hydrogen-bond donors (Lipinski definition) is 0. The minimum absolute atomic E-state index is 0.719. The molecule has 0 unspecified atom stereocenters. The third-order valence-electron chi connectivity index (χ3n) is 8.23. The fraction of sp³-hybridized carbons (Fsp3) is 0.484. The molecule has 3 heterocycles. The lowest BCUT2D eigenvalue weighted by atomic mass is 10.1. The van der Waals surface area contributed by atoms with Gasteiger partial charge in [0.2, 0.25) is 0 Å². The van der Waals surface area contributed by atoms with E-state index in [1.54, 1.807) is 0 Å². The molecule has 212 valence electrons. The number of ether oxygens (including phenoxy) is 2.